The summed E-state index contributed by atoms with van der Waals surface area (Å²) in [6.45, 7) is 5.99. The first-order valence-electron chi connectivity index (χ1n) is 10.3. The van der Waals surface area contributed by atoms with E-state index in [1.54, 1.807) is 31.2 Å². The molecule has 0 saturated carbocycles. The summed E-state index contributed by atoms with van der Waals surface area (Å²) in [7, 11) is 0. The second kappa shape index (κ2) is 13.3. The van der Waals surface area contributed by atoms with E-state index in [-0.39, 0.29) is 17.4 Å². The number of carbonyl (C=O) groups excluding carboxylic acids is 3. The molecule has 2 rings (SSSR count). The van der Waals surface area contributed by atoms with Crippen LogP contribution in [0.2, 0.25) is 0 Å². The molecule has 1 heterocycles. The Balaban J connectivity index is 0.00000204. The van der Waals surface area contributed by atoms with Crippen LogP contribution in [-0.4, -0.2) is 29.0 Å². The Hall–Kier alpha value is -2.94. The fraction of sp³-hybridized carbons (Fsp3) is 0.478. The Kier molecular flexibility index (Phi) is 11.0. The van der Waals surface area contributed by atoms with Crippen LogP contribution >= 0.6 is 0 Å². The fourth-order valence-corrected chi connectivity index (χ4v) is 2.85. The van der Waals surface area contributed by atoms with Gasteiger partial charge >= 0.3 is 0 Å². The minimum absolute atomic E-state index is 0.00828. The molecule has 6 nitrogen and oxygen atoms in total. The van der Waals surface area contributed by atoms with Crippen molar-refractivity contribution in [3.63, 3.8) is 0 Å². The zero-order chi connectivity index (χ0) is 21.6. The Labute approximate surface area is 173 Å². The van der Waals surface area contributed by atoms with Crippen LogP contribution in [0.3, 0.4) is 0 Å². The van der Waals surface area contributed by atoms with E-state index in [9.17, 15) is 14.4 Å². The van der Waals surface area contributed by atoms with E-state index in [1.165, 1.54) is 11.0 Å². The van der Waals surface area contributed by atoms with Gasteiger partial charge in [0.15, 0.2) is 5.76 Å². The van der Waals surface area contributed by atoms with Crippen LogP contribution in [0.15, 0.2) is 36.1 Å². The molecule has 2 amide bonds. The number of imide groups is 1. The summed E-state index contributed by atoms with van der Waals surface area (Å²) in [6, 6.07) is 8.36. The van der Waals surface area contributed by atoms with E-state index >= 15 is 0 Å². The van der Waals surface area contributed by atoms with Gasteiger partial charge in [0.25, 0.3) is 11.8 Å². The SMILES string of the molecule is CC.CC(=O)CCCCCCCCN1C(=O)C=C(Oc2ccc(C#N)cc2)C1=O. The van der Waals surface area contributed by atoms with Crippen molar-refractivity contribution in [3.8, 4) is 11.8 Å². The minimum Gasteiger partial charge on any atom is -0.451 e. The van der Waals surface area contributed by atoms with Crippen LogP contribution in [-0.2, 0) is 14.4 Å². The summed E-state index contributed by atoms with van der Waals surface area (Å²) in [6.07, 6.45) is 7.58. The highest BCUT2D eigenvalue weighted by Crippen LogP contribution is 2.20. The summed E-state index contributed by atoms with van der Waals surface area (Å²) in [4.78, 5) is 36.4. The maximum atomic E-state index is 12.3. The molecule has 0 aliphatic carbocycles. The van der Waals surface area contributed by atoms with Gasteiger partial charge in [0.2, 0.25) is 0 Å². The van der Waals surface area contributed by atoms with Crippen molar-refractivity contribution in [2.45, 2.75) is 65.7 Å². The summed E-state index contributed by atoms with van der Waals surface area (Å²) < 4.78 is 5.49. The molecule has 0 aromatic heterocycles. The second-order valence-electron chi connectivity index (χ2n) is 6.62. The molecule has 156 valence electrons. The van der Waals surface area contributed by atoms with Crippen molar-refractivity contribution >= 4 is 17.6 Å². The number of amides is 2. The molecule has 29 heavy (non-hydrogen) atoms. The molecule has 6 heteroatoms. The van der Waals surface area contributed by atoms with Crippen LogP contribution < -0.4 is 4.74 Å². The van der Waals surface area contributed by atoms with E-state index in [1.807, 2.05) is 19.9 Å². The number of nitriles is 1. The van der Waals surface area contributed by atoms with Gasteiger partial charge in [0.1, 0.15) is 11.5 Å². The number of carbonyl (C=O) groups is 3. The lowest BCUT2D eigenvalue weighted by atomic mass is 10.1. The van der Waals surface area contributed by atoms with E-state index in [2.05, 4.69) is 0 Å². The van der Waals surface area contributed by atoms with Crippen LogP contribution in [0.1, 0.15) is 71.3 Å². The summed E-state index contributed by atoms with van der Waals surface area (Å²) in [5.74, 6) is -0.133. The van der Waals surface area contributed by atoms with Gasteiger partial charge in [-0.3, -0.25) is 14.5 Å². The highest BCUT2D eigenvalue weighted by Gasteiger charge is 2.32. The molecule has 0 N–H and O–H groups in total. The van der Waals surface area contributed by atoms with Gasteiger partial charge in [0, 0.05) is 13.0 Å². The quantitative estimate of drug-likeness (QED) is 0.403. The minimum atomic E-state index is -0.425. The van der Waals surface area contributed by atoms with Crippen molar-refractivity contribution in [1.29, 1.82) is 5.26 Å². The first-order valence-corrected chi connectivity index (χ1v) is 10.3. The van der Waals surface area contributed by atoms with E-state index in [0.717, 1.165) is 38.5 Å². The number of ether oxygens (including phenoxy) is 1. The molecule has 0 fully saturated rings. The van der Waals surface area contributed by atoms with Gasteiger partial charge in [-0.25, -0.2) is 0 Å². The third-order valence-electron chi connectivity index (χ3n) is 4.35. The monoisotopic (exact) mass is 398 g/mol. The lowest BCUT2D eigenvalue weighted by molar-refractivity contribution is -0.138. The Morgan fingerprint density at radius 3 is 2.17 bits per heavy atom. The predicted molar refractivity (Wildman–Crippen MR) is 111 cm³/mol. The molecule has 0 radical (unpaired) electrons. The number of hydrogen-bond acceptors (Lipinski definition) is 5. The van der Waals surface area contributed by atoms with Crippen LogP contribution in [0.5, 0.6) is 5.75 Å². The van der Waals surface area contributed by atoms with Gasteiger partial charge in [-0.2, -0.15) is 5.26 Å². The molecule has 1 aliphatic heterocycles. The van der Waals surface area contributed by atoms with E-state index in [4.69, 9.17) is 10.00 Å². The van der Waals surface area contributed by atoms with Crippen molar-refractivity contribution in [2.75, 3.05) is 6.54 Å². The van der Waals surface area contributed by atoms with Crippen LogP contribution in [0.25, 0.3) is 0 Å². The molecule has 0 saturated heterocycles. The standard InChI is InChI=1S/C21H24N2O4.C2H6/c1-16(24)8-6-4-2-3-5-7-13-23-20(25)14-19(21(23)26)27-18-11-9-17(15-22)10-12-18;1-2/h9-12,14H,2-8,13H2,1H3;1-2H3. The Bertz CT molecular complexity index is 760. The molecule has 1 aromatic rings. The van der Waals surface area contributed by atoms with E-state index < -0.39 is 5.91 Å². The number of benzene rings is 1. The maximum absolute atomic E-state index is 12.3. The number of rotatable bonds is 11. The fourth-order valence-electron chi connectivity index (χ4n) is 2.85. The number of hydrogen-bond donors (Lipinski definition) is 0. The molecule has 0 atom stereocenters. The number of ketones is 1. The molecule has 1 aliphatic rings. The van der Waals surface area contributed by atoms with Crippen LogP contribution in [0.4, 0.5) is 0 Å². The van der Waals surface area contributed by atoms with E-state index in [0.29, 0.717) is 24.3 Å². The molecule has 0 bridgehead atoms. The van der Waals surface area contributed by atoms with Gasteiger partial charge in [-0.1, -0.05) is 39.5 Å². The molecule has 0 spiro atoms. The molecule has 0 unspecified atom stereocenters. The van der Waals surface area contributed by atoms with Crippen molar-refractivity contribution in [1.82, 2.24) is 4.90 Å². The maximum Gasteiger partial charge on any atom is 0.296 e. The highest BCUT2D eigenvalue weighted by atomic mass is 16.5. The third kappa shape index (κ3) is 8.30. The third-order valence-corrected chi connectivity index (χ3v) is 4.35. The average molecular weight is 399 g/mol. The number of nitrogens with zero attached hydrogens (tertiary/aromatic N) is 2. The zero-order valence-electron chi connectivity index (χ0n) is 17.6. The normalized spacial score (nSPS) is 12.8. The average Bonchev–Trinajstić information content (AvgIpc) is 2.99. The van der Waals surface area contributed by atoms with Gasteiger partial charge < -0.3 is 9.53 Å². The van der Waals surface area contributed by atoms with Crippen LogP contribution in [0, 0.1) is 11.3 Å². The first kappa shape index (κ1) is 24.1. The summed E-state index contributed by atoms with van der Waals surface area (Å²) >= 11 is 0. The Morgan fingerprint density at radius 1 is 1.00 bits per heavy atom. The van der Waals surface area contributed by atoms with Gasteiger partial charge in [-0.15, -0.1) is 0 Å². The number of unbranched alkanes of at least 4 members (excludes halogenated alkanes) is 5. The summed E-state index contributed by atoms with van der Waals surface area (Å²) in [5, 5.41) is 8.79. The van der Waals surface area contributed by atoms with Crippen molar-refractivity contribution in [2.24, 2.45) is 0 Å². The largest absolute Gasteiger partial charge is 0.451 e. The summed E-state index contributed by atoms with van der Waals surface area (Å²) in [5.41, 5.74) is 0.494. The second-order valence-corrected chi connectivity index (χ2v) is 6.62. The van der Waals surface area contributed by atoms with Gasteiger partial charge in [0.05, 0.1) is 17.7 Å². The molecule has 1 aromatic carbocycles. The highest BCUT2D eigenvalue weighted by molar-refractivity contribution is 6.15. The topological polar surface area (TPSA) is 87.5 Å². The lowest BCUT2D eigenvalue weighted by Gasteiger charge is -2.14. The first-order chi connectivity index (χ1) is 14.0. The molecular weight excluding hydrogens is 368 g/mol. The smallest absolute Gasteiger partial charge is 0.296 e. The number of Topliss-reactive ketones (excluding diaryl/α,β-unsaturated/α-hetero) is 1. The van der Waals surface area contributed by atoms with Gasteiger partial charge in [-0.05, 0) is 44.0 Å². The zero-order valence-corrected chi connectivity index (χ0v) is 17.6. The van der Waals surface area contributed by atoms with Crippen molar-refractivity contribution < 1.29 is 19.1 Å². The lowest BCUT2D eigenvalue weighted by Crippen LogP contribution is -2.32. The van der Waals surface area contributed by atoms with Crippen molar-refractivity contribution in [3.05, 3.63) is 41.7 Å². The Morgan fingerprint density at radius 2 is 1.59 bits per heavy atom. The predicted octanol–water partition coefficient (Wildman–Crippen LogP) is 4.54. The molecular formula is C23H30N2O4.